The molecule has 0 radical (unpaired) electrons. The molecule has 0 unspecified atom stereocenters. The lowest BCUT2D eigenvalue weighted by molar-refractivity contribution is 0.442. The monoisotopic (exact) mass is 425 g/mol. The Morgan fingerprint density at radius 1 is 1.00 bits per heavy atom. The number of aromatic nitrogens is 1. The minimum atomic E-state index is -4.07. The van der Waals surface area contributed by atoms with Gasteiger partial charge in [0.2, 0.25) is 5.43 Å². The van der Waals surface area contributed by atoms with Crippen LogP contribution in [0.2, 0.25) is 0 Å². The summed E-state index contributed by atoms with van der Waals surface area (Å²) in [6.45, 7) is 3.97. The van der Waals surface area contributed by atoms with Crippen LogP contribution in [-0.4, -0.2) is 44.9 Å². The molecule has 0 atom stereocenters. The molecule has 4 rings (SSSR count). The Labute approximate surface area is 174 Å². The van der Waals surface area contributed by atoms with E-state index in [1.165, 1.54) is 4.31 Å². The number of hydrogen-bond donors (Lipinski definition) is 0. The van der Waals surface area contributed by atoms with Crippen molar-refractivity contribution in [1.82, 2.24) is 9.29 Å². The molecule has 2 aliphatic rings. The molecule has 30 heavy (non-hydrogen) atoms. The molecule has 8 heteroatoms. The van der Waals surface area contributed by atoms with Gasteiger partial charge in [-0.2, -0.15) is 4.31 Å². The molecule has 0 fully saturated rings. The highest BCUT2D eigenvalue weighted by Gasteiger charge is 2.34. The summed E-state index contributed by atoms with van der Waals surface area (Å²) < 4.78 is 34.2. The van der Waals surface area contributed by atoms with Gasteiger partial charge in [0.05, 0.1) is 0 Å². The molecule has 0 aromatic heterocycles. The Balaban J connectivity index is 2.21. The first kappa shape index (κ1) is 20.3. The molecule has 0 saturated heterocycles. The van der Waals surface area contributed by atoms with Crippen LogP contribution < -0.4 is 10.3 Å². The molecule has 1 aliphatic heterocycles. The minimum absolute atomic E-state index is 0.00555. The van der Waals surface area contributed by atoms with E-state index in [1.807, 2.05) is 31.1 Å². The van der Waals surface area contributed by atoms with Gasteiger partial charge in [-0.25, -0.2) is 13.4 Å². The van der Waals surface area contributed by atoms with Gasteiger partial charge in [-0.1, -0.05) is 38.1 Å². The fourth-order valence-corrected chi connectivity index (χ4v) is 5.32. The maximum absolute atomic E-state index is 13.4. The van der Waals surface area contributed by atoms with Gasteiger partial charge in [0.25, 0.3) is 10.0 Å². The molecule has 7 nitrogen and oxygen atoms in total. The summed E-state index contributed by atoms with van der Waals surface area (Å²) in [5.74, 6) is -0.00555. The number of nitrogens with zero attached hydrogens (tertiary/aromatic N) is 3. The summed E-state index contributed by atoms with van der Waals surface area (Å²) in [4.78, 5) is 19.6. The maximum atomic E-state index is 13.4. The molecule has 1 aliphatic carbocycles. The average molecular weight is 426 g/mol. The molecule has 0 spiro atoms. The standard InChI is InChI=1S/C22H23N3O4S/c1-5-25(6-2)30(27,28)22-20(26)16-10-8-7-9-15(16)19-21(22)29-18-13-14(24(3)4)11-12-17(18)23-19/h7-13H,5-6H2,1-4H3. The van der Waals surface area contributed by atoms with E-state index in [0.29, 0.717) is 27.6 Å². The topological polar surface area (TPSA) is 83.7 Å². The van der Waals surface area contributed by atoms with Gasteiger partial charge in [0.1, 0.15) is 11.2 Å². The first-order valence-electron chi connectivity index (χ1n) is 9.76. The second-order valence-electron chi connectivity index (χ2n) is 7.23. The van der Waals surface area contributed by atoms with Crippen LogP contribution in [0.1, 0.15) is 13.8 Å². The van der Waals surface area contributed by atoms with E-state index in [1.54, 1.807) is 44.2 Å². The molecular formula is C22H23N3O4S. The van der Waals surface area contributed by atoms with Crippen molar-refractivity contribution in [3.63, 3.8) is 0 Å². The number of fused-ring (bicyclic) bond motifs is 4. The van der Waals surface area contributed by atoms with Crippen LogP contribution in [0.3, 0.4) is 0 Å². The van der Waals surface area contributed by atoms with Gasteiger partial charge in [-0.15, -0.1) is 0 Å². The quantitative estimate of drug-likeness (QED) is 0.359. The van der Waals surface area contributed by atoms with Gasteiger partial charge >= 0.3 is 0 Å². The smallest absolute Gasteiger partial charge is 0.250 e. The lowest BCUT2D eigenvalue weighted by Crippen LogP contribution is -2.34. The number of anilines is 1. The van der Waals surface area contributed by atoms with Crippen molar-refractivity contribution in [1.29, 1.82) is 0 Å². The zero-order chi connectivity index (χ0) is 21.6. The van der Waals surface area contributed by atoms with Crippen LogP contribution in [0, 0.1) is 0 Å². The van der Waals surface area contributed by atoms with Crippen LogP contribution in [0.15, 0.2) is 56.6 Å². The first-order valence-corrected chi connectivity index (χ1v) is 11.2. The van der Waals surface area contributed by atoms with Crippen molar-refractivity contribution in [3.05, 3.63) is 52.7 Å². The summed E-state index contributed by atoms with van der Waals surface area (Å²) in [7, 11) is -0.272. The fourth-order valence-electron chi connectivity index (χ4n) is 3.66. The van der Waals surface area contributed by atoms with Gasteiger partial charge in [-0.3, -0.25) is 4.79 Å². The summed E-state index contributed by atoms with van der Waals surface area (Å²) in [5, 5.41) is 0.876. The fraction of sp³-hybridized carbons (Fsp3) is 0.273. The third-order valence-electron chi connectivity index (χ3n) is 5.26. The average Bonchev–Trinajstić information content (AvgIpc) is 2.73. The minimum Gasteiger partial charge on any atom is -0.451 e. The van der Waals surface area contributed by atoms with E-state index < -0.39 is 15.5 Å². The number of hydrogen-bond acceptors (Lipinski definition) is 6. The van der Waals surface area contributed by atoms with Crippen molar-refractivity contribution >= 4 is 37.6 Å². The van der Waals surface area contributed by atoms with Gasteiger partial charge in [-0.05, 0) is 12.1 Å². The van der Waals surface area contributed by atoms with E-state index in [-0.39, 0.29) is 23.7 Å². The predicted molar refractivity (Wildman–Crippen MR) is 119 cm³/mol. The zero-order valence-corrected chi connectivity index (χ0v) is 18.2. The molecule has 0 amide bonds. The highest BCUT2D eigenvalue weighted by atomic mass is 32.2. The molecule has 0 N–H and O–H groups in total. The second kappa shape index (κ2) is 7.37. The van der Waals surface area contributed by atoms with E-state index in [2.05, 4.69) is 0 Å². The largest absolute Gasteiger partial charge is 0.451 e. The Morgan fingerprint density at radius 3 is 2.30 bits per heavy atom. The predicted octanol–water partition coefficient (Wildman–Crippen LogP) is 3.54. The van der Waals surface area contributed by atoms with Crippen LogP contribution in [0.5, 0.6) is 0 Å². The number of benzene rings is 3. The lowest BCUT2D eigenvalue weighted by atomic mass is 10.0. The highest BCUT2D eigenvalue weighted by Crippen LogP contribution is 2.36. The molecule has 156 valence electrons. The van der Waals surface area contributed by atoms with Gasteiger partial charge < -0.3 is 9.32 Å². The summed E-state index contributed by atoms with van der Waals surface area (Å²) in [6, 6.07) is 12.4. The summed E-state index contributed by atoms with van der Waals surface area (Å²) in [6.07, 6.45) is 0. The molecule has 2 aromatic rings. The van der Waals surface area contributed by atoms with Gasteiger partial charge in [0, 0.05) is 49.7 Å². The van der Waals surface area contributed by atoms with E-state index in [9.17, 15) is 13.2 Å². The SMILES string of the molecule is CCN(CC)S(=O)(=O)c1c2oc3cc(N(C)C)ccc3nc-2c2ccccc2c1=O. The van der Waals surface area contributed by atoms with Crippen LogP contribution in [-0.2, 0) is 10.0 Å². The van der Waals surface area contributed by atoms with Crippen molar-refractivity contribution < 1.29 is 12.8 Å². The third kappa shape index (κ3) is 3.03. The molecule has 0 saturated carbocycles. The third-order valence-corrected chi connectivity index (χ3v) is 7.34. The molecular weight excluding hydrogens is 402 g/mol. The lowest BCUT2D eigenvalue weighted by Gasteiger charge is -2.21. The van der Waals surface area contributed by atoms with E-state index in [0.717, 1.165) is 5.69 Å². The van der Waals surface area contributed by atoms with Crippen LogP contribution in [0.4, 0.5) is 5.69 Å². The maximum Gasteiger partial charge on any atom is 0.250 e. The summed E-state index contributed by atoms with van der Waals surface area (Å²) >= 11 is 0. The van der Waals surface area contributed by atoms with Crippen molar-refractivity contribution in [2.45, 2.75) is 18.7 Å². The molecule has 1 heterocycles. The van der Waals surface area contributed by atoms with Crippen LogP contribution >= 0.6 is 0 Å². The summed E-state index contributed by atoms with van der Waals surface area (Å²) in [5.41, 5.74) is 1.67. The second-order valence-corrected chi connectivity index (χ2v) is 9.11. The highest BCUT2D eigenvalue weighted by molar-refractivity contribution is 7.89. The Morgan fingerprint density at radius 2 is 1.67 bits per heavy atom. The van der Waals surface area contributed by atoms with Gasteiger partial charge in [0.15, 0.2) is 16.2 Å². The normalized spacial score (nSPS) is 12.3. The van der Waals surface area contributed by atoms with Crippen molar-refractivity contribution in [2.75, 3.05) is 32.1 Å². The molecule has 2 aromatic carbocycles. The molecule has 0 bridgehead atoms. The van der Waals surface area contributed by atoms with Crippen LogP contribution in [0.25, 0.3) is 33.3 Å². The van der Waals surface area contributed by atoms with E-state index in [4.69, 9.17) is 9.40 Å². The zero-order valence-electron chi connectivity index (χ0n) is 17.3. The first-order chi connectivity index (χ1) is 14.3. The van der Waals surface area contributed by atoms with Crippen molar-refractivity contribution in [3.8, 4) is 11.5 Å². The van der Waals surface area contributed by atoms with E-state index >= 15 is 0 Å². The Bertz CT molecular complexity index is 1390. The number of rotatable bonds is 5. The number of sulfonamides is 1. The Hall–Kier alpha value is -2.97. The Kier molecular flexibility index (Phi) is 4.99. The van der Waals surface area contributed by atoms with Crippen molar-refractivity contribution in [2.24, 2.45) is 0 Å².